The quantitative estimate of drug-likeness (QED) is 0.167. The standard InChI is InChI=1S/C37H58N2O4/c1-34(2,3)26-20-24(21-27(32(26)42)35(4,5)6)14-16-30(40)38-18-13-19-39-31(41)17-15-25-22-28(36(7,8)9)33(43)29(23-25)37(10,11)12/h14-17,20,22,24-25,42-43H,13,18-19,21,23H2,1-12H3,(H,38,40)(H,39,41). The highest BCUT2D eigenvalue weighted by molar-refractivity contribution is 5.88. The molecule has 0 saturated heterocycles. The van der Waals surface area contributed by atoms with Crippen molar-refractivity contribution in [3.05, 3.63) is 70.3 Å². The van der Waals surface area contributed by atoms with Crippen molar-refractivity contribution >= 4 is 11.8 Å². The molecule has 2 aliphatic carbocycles. The van der Waals surface area contributed by atoms with Crippen LogP contribution < -0.4 is 10.6 Å². The van der Waals surface area contributed by atoms with E-state index in [0.29, 0.717) is 43.9 Å². The van der Waals surface area contributed by atoms with Gasteiger partial charge in [-0.15, -0.1) is 0 Å². The number of aliphatic hydroxyl groups excluding tert-OH is 2. The number of carbonyl (C=O) groups is 2. The average molecular weight is 595 g/mol. The fourth-order valence-corrected chi connectivity index (χ4v) is 5.53. The molecular weight excluding hydrogens is 536 g/mol. The molecule has 0 fully saturated rings. The van der Waals surface area contributed by atoms with Gasteiger partial charge in [0.1, 0.15) is 11.5 Å². The van der Waals surface area contributed by atoms with E-state index in [9.17, 15) is 19.8 Å². The fraction of sp³-hybridized carbons (Fsp3) is 0.622. The molecule has 6 nitrogen and oxygen atoms in total. The summed E-state index contributed by atoms with van der Waals surface area (Å²) in [4.78, 5) is 25.0. The van der Waals surface area contributed by atoms with Crippen molar-refractivity contribution in [3.8, 4) is 0 Å². The van der Waals surface area contributed by atoms with Crippen LogP contribution in [0.2, 0.25) is 0 Å². The van der Waals surface area contributed by atoms with E-state index in [1.54, 1.807) is 12.2 Å². The average Bonchev–Trinajstić information content (AvgIpc) is 2.84. The summed E-state index contributed by atoms with van der Waals surface area (Å²) in [5, 5.41) is 27.7. The molecule has 6 heteroatoms. The van der Waals surface area contributed by atoms with Crippen molar-refractivity contribution in [1.82, 2.24) is 10.6 Å². The molecule has 0 aromatic rings. The summed E-state index contributed by atoms with van der Waals surface area (Å²) in [5.74, 6) is 0.515. The molecule has 43 heavy (non-hydrogen) atoms. The molecule has 240 valence electrons. The lowest BCUT2D eigenvalue weighted by Crippen LogP contribution is -2.28. The number of hydrogen-bond donors (Lipinski definition) is 4. The van der Waals surface area contributed by atoms with Crippen molar-refractivity contribution < 1.29 is 19.8 Å². The van der Waals surface area contributed by atoms with Gasteiger partial charge in [-0.25, -0.2) is 0 Å². The van der Waals surface area contributed by atoms with E-state index in [4.69, 9.17) is 0 Å². The Bertz CT molecular complexity index is 1130. The van der Waals surface area contributed by atoms with Gasteiger partial charge >= 0.3 is 0 Å². The second kappa shape index (κ2) is 13.7. The molecule has 0 aromatic carbocycles. The van der Waals surface area contributed by atoms with Crippen LogP contribution in [0.1, 0.15) is 102 Å². The summed E-state index contributed by atoms with van der Waals surface area (Å²) in [6.07, 6.45) is 13.1. The third-order valence-corrected chi connectivity index (χ3v) is 8.09. The monoisotopic (exact) mass is 594 g/mol. The SMILES string of the molecule is CC(C)(C)C1=CC(C=CC(=O)NCCCNC(=O)C=CC2C=C(C(C)(C)C)C(O)=C(C(C)(C)C)C2)CC(C(C)(C)C)=C1O. The summed E-state index contributed by atoms with van der Waals surface area (Å²) < 4.78 is 0. The zero-order chi connectivity index (χ0) is 33.0. The van der Waals surface area contributed by atoms with Crippen LogP contribution in [0.5, 0.6) is 0 Å². The van der Waals surface area contributed by atoms with E-state index in [2.05, 4.69) is 106 Å². The lowest BCUT2D eigenvalue weighted by Gasteiger charge is -2.35. The van der Waals surface area contributed by atoms with Crippen LogP contribution in [0.3, 0.4) is 0 Å². The van der Waals surface area contributed by atoms with E-state index >= 15 is 0 Å². The summed E-state index contributed by atoms with van der Waals surface area (Å²) in [7, 11) is 0. The molecule has 4 N–H and O–H groups in total. The first-order chi connectivity index (χ1) is 19.5. The Labute approximate surface area is 261 Å². The van der Waals surface area contributed by atoms with E-state index in [1.165, 1.54) is 0 Å². The fourth-order valence-electron chi connectivity index (χ4n) is 5.53. The summed E-state index contributed by atoms with van der Waals surface area (Å²) >= 11 is 0. The molecule has 0 bridgehead atoms. The molecular formula is C37H58N2O4. The highest BCUT2D eigenvalue weighted by Crippen LogP contribution is 2.45. The predicted octanol–water partition coefficient (Wildman–Crippen LogP) is 8.42. The normalized spacial score (nSPS) is 20.9. The zero-order valence-corrected chi connectivity index (χ0v) is 28.9. The maximum atomic E-state index is 12.5. The topological polar surface area (TPSA) is 98.7 Å². The third-order valence-electron chi connectivity index (χ3n) is 8.09. The van der Waals surface area contributed by atoms with Crippen molar-refractivity contribution in [2.45, 2.75) is 102 Å². The number of hydrogen-bond acceptors (Lipinski definition) is 4. The van der Waals surface area contributed by atoms with Gasteiger partial charge in [0.05, 0.1) is 0 Å². The molecule has 2 unspecified atom stereocenters. The molecule has 2 rings (SSSR count). The number of rotatable bonds is 8. The first kappa shape index (κ1) is 36.2. The molecule has 2 aliphatic rings. The Morgan fingerprint density at radius 3 is 1.26 bits per heavy atom. The lowest BCUT2D eigenvalue weighted by atomic mass is 9.71. The Morgan fingerprint density at radius 2 is 0.977 bits per heavy atom. The first-order valence-corrected chi connectivity index (χ1v) is 15.7. The van der Waals surface area contributed by atoms with Crippen molar-refractivity contribution in [2.75, 3.05) is 13.1 Å². The van der Waals surface area contributed by atoms with Gasteiger partial charge in [0.15, 0.2) is 0 Å². The summed E-state index contributed by atoms with van der Waals surface area (Å²) in [6, 6.07) is 0. The van der Waals surface area contributed by atoms with Crippen LogP contribution in [-0.2, 0) is 9.59 Å². The van der Waals surface area contributed by atoms with E-state index in [-0.39, 0.29) is 45.3 Å². The Morgan fingerprint density at radius 1 is 0.651 bits per heavy atom. The van der Waals surface area contributed by atoms with E-state index in [0.717, 1.165) is 22.3 Å². The number of carbonyl (C=O) groups excluding carboxylic acids is 2. The number of aliphatic hydroxyl groups is 2. The smallest absolute Gasteiger partial charge is 0.243 e. The summed E-state index contributed by atoms with van der Waals surface area (Å²) in [6.45, 7) is 26.1. The van der Waals surface area contributed by atoms with Gasteiger partial charge in [0, 0.05) is 13.1 Å². The maximum Gasteiger partial charge on any atom is 0.243 e. The number of amides is 2. The highest BCUT2D eigenvalue weighted by Gasteiger charge is 2.34. The van der Waals surface area contributed by atoms with Gasteiger partial charge in [-0.2, -0.15) is 0 Å². The maximum absolute atomic E-state index is 12.5. The van der Waals surface area contributed by atoms with Crippen molar-refractivity contribution in [3.63, 3.8) is 0 Å². The van der Waals surface area contributed by atoms with Crippen LogP contribution in [0.15, 0.2) is 70.3 Å². The molecule has 2 atom stereocenters. The van der Waals surface area contributed by atoms with Crippen molar-refractivity contribution in [1.29, 1.82) is 0 Å². The van der Waals surface area contributed by atoms with E-state index < -0.39 is 0 Å². The van der Waals surface area contributed by atoms with Crippen LogP contribution in [0.4, 0.5) is 0 Å². The Hall–Kier alpha value is -3.02. The predicted molar refractivity (Wildman–Crippen MR) is 178 cm³/mol. The minimum Gasteiger partial charge on any atom is -0.508 e. The zero-order valence-electron chi connectivity index (χ0n) is 28.9. The Balaban J connectivity index is 1.87. The van der Waals surface area contributed by atoms with Crippen LogP contribution in [-0.4, -0.2) is 35.1 Å². The van der Waals surface area contributed by atoms with Gasteiger partial charge in [-0.1, -0.05) is 107 Å². The largest absolute Gasteiger partial charge is 0.508 e. The number of nitrogens with one attached hydrogen (secondary N) is 2. The summed E-state index contributed by atoms with van der Waals surface area (Å²) in [5.41, 5.74) is 3.13. The molecule has 0 aromatic heterocycles. The van der Waals surface area contributed by atoms with Gasteiger partial charge in [-0.05, 0) is 87.2 Å². The third kappa shape index (κ3) is 10.6. The van der Waals surface area contributed by atoms with E-state index in [1.807, 2.05) is 12.2 Å². The second-order valence-electron chi connectivity index (χ2n) is 16.2. The van der Waals surface area contributed by atoms with Gasteiger partial charge < -0.3 is 20.8 Å². The van der Waals surface area contributed by atoms with Crippen LogP contribution in [0.25, 0.3) is 0 Å². The van der Waals surface area contributed by atoms with Gasteiger partial charge in [0.25, 0.3) is 0 Å². The van der Waals surface area contributed by atoms with Crippen LogP contribution >= 0.6 is 0 Å². The lowest BCUT2D eigenvalue weighted by molar-refractivity contribution is -0.116. The van der Waals surface area contributed by atoms with Crippen LogP contribution in [0, 0.1) is 33.5 Å². The molecule has 2 amide bonds. The molecule has 0 aliphatic heterocycles. The minimum atomic E-state index is -0.202. The highest BCUT2D eigenvalue weighted by atomic mass is 16.3. The van der Waals surface area contributed by atoms with Crippen molar-refractivity contribution in [2.24, 2.45) is 33.5 Å². The number of allylic oxidation sites excluding steroid dienone is 8. The molecule has 0 heterocycles. The first-order valence-electron chi connectivity index (χ1n) is 15.7. The van der Waals surface area contributed by atoms with Gasteiger partial charge in [0.2, 0.25) is 11.8 Å². The Kier molecular flexibility index (Phi) is 11.6. The molecule has 0 saturated carbocycles. The minimum absolute atomic E-state index is 0.0357. The second-order valence-corrected chi connectivity index (χ2v) is 16.2. The van der Waals surface area contributed by atoms with Gasteiger partial charge in [-0.3, -0.25) is 9.59 Å². The molecule has 0 radical (unpaired) electrons. The molecule has 0 spiro atoms.